The summed E-state index contributed by atoms with van der Waals surface area (Å²) in [6.45, 7) is 26.1. The van der Waals surface area contributed by atoms with Gasteiger partial charge in [0.25, 0.3) is 5.91 Å². The van der Waals surface area contributed by atoms with Crippen LogP contribution in [0.3, 0.4) is 0 Å². The summed E-state index contributed by atoms with van der Waals surface area (Å²) in [7, 11) is 0. The SMILES string of the molecule is CCn1c(-c2cc(N3CCN4CCOC[C@@H]4C3)cnc2C(C)C)c2c3cc(ccc31)-c1cccc(c1)C[C@H](NC(=O)[C@H](C1CCCC1)N1CC[C@]3(CCN(C(=O)OC(C)(C)C)C3)C1)C(=O)N1CCC[C@H](N1)C(=O)OCC(C)(C)C2. The van der Waals surface area contributed by atoms with Crippen LogP contribution in [0.5, 0.6) is 0 Å². The van der Waals surface area contributed by atoms with Gasteiger partial charge in [0, 0.05) is 92.6 Å². The topological polar surface area (TPSA) is 154 Å². The van der Waals surface area contributed by atoms with E-state index in [1.165, 1.54) is 5.56 Å². The average molecular weight is 1080 g/mol. The summed E-state index contributed by atoms with van der Waals surface area (Å²) in [5.74, 6) is -0.472. The molecule has 0 unspecified atom stereocenters. The quantitative estimate of drug-likeness (QED) is 0.163. The van der Waals surface area contributed by atoms with Crippen LogP contribution < -0.4 is 15.6 Å². The Balaban J connectivity index is 0.944. The Morgan fingerprint density at radius 3 is 2.51 bits per heavy atom. The van der Waals surface area contributed by atoms with Gasteiger partial charge in [-0.05, 0) is 131 Å². The predicted octanol–water partition coefficient (Wildman–Crippen LogP) is 8.57. The monoisotopic (exact) mass is 1080 g/mol. The number of benzene rings is 2. The Morgan fingerprint density at radius 2 is 1.72 bits per heavy atom. The number of nitrogens with zero attached hydrogens (tertiary/aromatic N) is 7. The second-order valence-corrected chi connectivity index (χ2v) is 26.4. The number of piperazine rings is 1. The molecule has 11 rings (SSSR count). The molecule has 5 atom stereocenters. The molecule has 4 aromatic rings. The van der Waals surface area contributed by atoms with Crippen molar-refractivity contribution in [1.29, 1.82) is 0 Å². The summed E-state index contributed by atoms with van der Waals surface area (Å²) in [5.41, 5.74) is 11.9. The molecule has 2 aromatic heterocycles. The number of hydrazine groups is 1. The van der Waals surface area contributed by atoms with Gasteiger partial charge in [-0.3, -0.25) is 34.2 Å². The summed E-state index contributed by atoms with van der Waals surface area (Å²) in [6, 6.07) is 15.9. The zero-order chi connectivity index (χ0) is 55.4. The minimum Gasteiger partial charge on any atom is -0.464 e. The van der Waals surface area contributed by atoms with Crippen molar-refractivity contribution in [3.63, 3.8) is 0 Å². The number of carbonyl (C=O) groups excluding carboxylic acids is 4. The maximum atomic E-state index is 15.3. The zero-order valence-corrected chi connectivity index (χ0v) is 48.4. The fourth-order valence-corrected chi connectivity index (χ4v) is 14.4. The average Bonchev–Trinajstić information content (AvgIpc) is 4.45. The molecule has 1 aliphatic carbocycles. The van der Waals surface area contributed by atoms with Gasteiger partial charge in [0.1, 0.15) is 17.7 Å². The molecular weight excluding hydrogens is 995 g/mol. The van der Waals surface area contributed by atoms with E-state index in [0.717, 1.165) is 141 Å². The molecule has 6 aliphatic heterocycles. The molecule has 8 heterocycles. The smallest absolute Gasteiger partial charge is 0.410 e. The van der Waals surface area contributed by atoms with Crippen LogP contribution in [0, 0.1) is 16.7 Å². The summed E-state index contributed by atoms with van der Waals surface area (Å²) < 4.78 is 20.5. The second kappa shape index (κ2) is 22.4. The number of aryl methyl sites for hydroxylation is 1. The predicted molar refractivity (Wildman–Crippen MR) is 308 cm³/mol. The van der Waals surface area contributed by atoms with Crippen molar-refractivity contribution in [2.75, 3.05) is 83.6 Å². The van der Waals surface area contributed by atoms with E-state index in [-0.39, 0.29) is 54.2 Å². The number of likely N-dealkylation sites (tertiary alicyclic amines) is 2. The van der Waals surface area contributed by atoms with Gasteiger partial charge < -0.3 is 33.9 Å². The van der Waals surface area contributed by atoms with Crippen molar-refractivity contribution in [3.8, 4) is 22.4 Å². The number of hydrogen-bond donors (Lipinski definition) is 2. The standard InChI is InChI=1S/C63H87N9O7/c1-9-71-53-20-19-45-32-48(53)50(56(71)49-33-46(35-64-54(49)41(2)3)68-27-26-67-28-29-77-37-47(67)36-68)34-62(7,8)40-78-59(75)51-18-13-23-72(66-51)58(74)52(31-42-14-12-17-44(45)30-42)65-57(73)55(43-15-10-11-16-43)69-24-21-63(38-69)22-25-70(39-63)60(76)79-61(4,5)6/h12,14,17,19-20,30,32-33,35,41,43,47,51-52,55,66H,9-11,13,15-16,18,21-29,31,34,36-40H2,1-8H3,(H,65,73)/t47-,51-,52-,55-,63-/m0/s1. The third-order valence-electron chi connectivity index (χ3n) is 18.4. The number of nitrogens with one attached hydrogen (secondary N) is 2. The lowest BCUT2D eigenvalue weighted by Gasteiger charge is -2.44. The molecule has 3 amide bonds. The maximum Gasteiger partial charge on any atom is 0.410 e. The zero-order valence-electron chi connectivity index (χ0n) is 48.4. The van der Waals surface area contributed by atoms with Crippen LogP contribution in [0.1, 0.15) is 129 Å². The van der Waals surface area contributed by atoms with E-state index in [1.807, 2.05) is 25.7 Å². The summed E-state index contributed by atoms with van der Waals surface area (Å²) in [4.78, 5) is 72.4. The van der Waals surface area contributed by atoms with Crippen molar-refractivity contribution >= 4 is 40.5 Å². The highest BCUT2D eigenvalue weighted by Crippen LogP contribution is 2.45. The Hall–Kier alpha value is -5.55. The number of fused-ring (bicyclic) bond motifs is 7. The number of aromatic nitrogens is 2. The number of anilines is 1. The number of carbonyl (C=O) groups is 4. The Bertz CT molecular complexity index is 2920. The van der Waals surface area contributed by atoms with Gasteiger partial charge in [-0.1, -0.05) is 70.9 Å². The first-order chi connectivity index (χ1) is 37.8. The van der Waals surface area contributed by atoms with Gasteiger partial charge >= 0.3 is 12.1 Å². The van der Waals surface area contributed by atoms with E-state index in [0.29, 0.717) is 51.5 Å². The van der Waals surface area contributed by atoms with E-state index in [4.69, 9.17) is 19.2 Å². The first-order valence-electron chi connectivity index (χ1n) is 29.9. The molecule has 16 nitrogen and oxygen atoms in total. The molecule has 2 aromatic carbocycles. The largest absolute Gasteiger partial charge is 0.464 e. The third-order valence-corrected chi connectivity index (χ3v) is 18.4. The number of hydrogen-bond acceptors (Lipinski definition) is 12. The van der Waals surface area contributed by atoms with Gasteiger partial charge in [-0.15, -0.1) is 0 Å². The molecule has 1 saturated carbocycles. The first kappa shape index (κ1) is 55.4. The highest BCUT2D eigenvalue weighted by molar-refractivity contribution is 5.96. The number of esters is 1. The number of ether oxygens (including phenoxy) is 3. The van der Waals surface area contributed by atoms with E-state index in [2.05, 4.69) is 119 Å². The molecule has 5 saturated heterocycles. The molecular formula is C63H87N9O7. The van der Waals surface area contributed by atoms with Crippen molar-refractivity contribution in [2.45, 2.75) is 162 Å². The van der Waals surface area contributed by atoms with Gasteiger partial charge in [0.05, 0.1) is 55.2 Å². The molecule has 79 heavy (non-hydrogen) atoms. The number of morpholine rings is 1. The van der Waals surface area contributed by atoms with Crippen LogP contribution in [0.4, 0.5) is 10.5 Å². The Morgan fingerprint density at radius 1 is 0.924 bits per heavy atom. The summed E-state index contributed by atoms with van der Waals surface area (Å²) >= 11 is 0. The number of pyridine rings is 1. The Labute approximate surface area is 468 Å². The molecule has 7 aliphatic rings. The van der Waals surface area contributed by atoms with Gasteiger partial charge in [0.2, 0.25) is 5.91 Å². The molecule has 426 valence electrons. The van der Waals surface area contributed by atoms with Crippen molar-refractivity contribution in [3.05, 3.63) is 71.5 Å². The molecule has 0 radical (unpaired) electrons. The minimum atomic E-state index is -0.910. The van der Waals surface area contributed by atoms with E-state index >= 15 is 9.59 Å². The van der Waals surface area contributed by atoms with Crippen LogP contribution in [0.25, 0.3) is 33.3 Å². The minimum absolute atomic E-state index is 0.120. The fraction of sp³-hybridized carbons (Fsp3) is 0.635. The third kappa shape index (κ3) is 11.7. The first-order valence-corrected chi connectivity index (χ1v) is 29.9. The van der Waals surface area contributed by atoms with E-state index < -0.39 is 29.1 Å². The van der Waals surface area contributed by atoms with E-state index in [1.54, 1.807) is 5.01 Å². The van der Waals surface area contributed by atoms with Crippen molar-refractivity contribution in [1.82, 2.24) is 40.0 Å². The van der Waals surface area contributed by atoms with Crippen LogP contribution in [-0.2, 0) is 48.0 Å². The van der Waals surface area contributed by atoms with E-state index in [9.17, 15) is 9.59 Å². The molecule has 2 N–H and O–H groups in total. The van der Waals surface area contributed by atoms with Crippen LogP contribution >= 0.6 is 0 Å². The number of amides is 3. The molecule has 6 bridgehead atoms. The maximum absolute atomic E-state index is 15.3. The fourth-order valence-electron chi connectivity index (χ4n) is 14.4. The molecule has 6 fully saturated rings. The lowest BCUT2D eigenvalue weighted by molar-refractivity contribution is -0.155. The van der Waals surface area contributed by atoms with Crippen molar-refractivity contribution in [2.24, 2.45) is 16.7 Å². The van der Waals surface area contributed by atoms with Crippen LogP contribution in [-0.4, -0.2) is 162 Å². The van der Waals surface area contributed by atoms with Crippen molar-refractivity contribution < 1.29 is 33.4 Å². The van der Waals surface area contributed by atoms with Gasteiger partial charge in [-0.2, -0.15) is 0 Å². The van der Waals surface area contributed by atoms with Gasteiger partial charge in [0.15, 0.2) is 0 Å². The summed E-state index contributed by atoms with van der Waals surface area (Å²) in [6.07, 6.45) is 9.60. The highest BCUT2D eigenvalue weighted by atomic mass is 16.6. The normalized spacial score (nSPS) is 25.9. The van der Waals surface area contributed by atoms with Crippen LogP contribution in [0.2, 0.25) is 0 Å². The lowest BCUT2D eigenvalue weighted by atomic mass is 9.83. The lowest BCUT2D eigenvalue weighted by Crippen LogP contribution is -2.62. The van der Waals surface area contributed by atoms with Gasteiger partial charge in [-0.25, -0.2) is 10.2 Å². The molecule has 16 heteroatoms. The highest BCUT2D eigenvalue weighted by Gasteiger charge is 2.50. The van der Waals surface area contributed by atoms with Crippen LogP contribution in [0.15, 0.2) is 54.7 Å². The number of cyclic esters (lactones) is 1. The second-order valence-electron chi connectivity index (χ2n) is 26.4. The number of rotatable bonds is 8. The molecule has 1 spiro atoms. The Kier molecular flexibility index (Phi) is 15.7. The summed E-state index contributed by atoms with van der Waals surface area (Å²) in [5, 5.41) is 6.09.